The fourth-order valence-electron chi connectivity index (χ4n) is 1.82. The lowest BCUT2D eigenvalue weighted by Crippen LogP contribution is -2.17. The smallest absolute Gasteiger partial charge is 0.255 e. The van der Waals surface area contributed by atoms with E-state index in [1.165, 1.54) is 19.1 Å². The maximum Gasteiger partial charge on any atom is 0.255 e. The van der Waals surface area contributed by atoms with E-state index in [2.05, 4.69) is 0 Å². The zero-order valence-electron chi connectivity index (χ0n) is 11.5. The van der Waals surface area contributed by atoms with Crippen LogP contribution in [0.2, 0.25) is 0 Å². The number of primary amides is 1. The minimum absolute atomic E-state index is 0.0503. The van der Waals surface area contributed by atoms with E-state index in [-0.39, 0.29) is 12.4 Å². The molecule has 1 amide bonds. The van der Waals surface area contributed by atoms with Crippen molar-refractivity contribution in [1.82, 2.24) is 0 Å². The third-order valence-electron chi connectivity index (χ3n) is 2.74. The van der Waals surface area contributed by atoms with Crippen molar-refractivity contribution >= 4 is 5.91 Å². The molecule has 0 fully saturated rings. The minimum atomic E-state index is -1.85. The Balaban J connectivity index is 2.69. The van der Waals surface area contributed by atoms with Gasteiger partial charge in [0.25, 0.3) is 5.91 Å². The Bertz CT molecular complexity index is 705. The van der Waals surface area contributed by atoms with Gasteiger partial charge in [0, 0.05) is 0 Å². The number of halogens is 3. The lowest BCUT2D eigenvalue weighted by Gasteiger charge is -2.16. The highest BCUT2D eigenvalue weighted by Gasteiger charge is 2.30. The fourth-order valence-corrected chi connectivity index (χ4v) is 1.82. The van der Waals surface area contributed by atoms with Gasteiger partial charge in [-0.1, -0.05) is 18.2 Å². The van der Waals surface area contributed by atoms with Crippen molar-refractivity contribution in [3.8, 4) is 17.2 Å². The van der Waals surface area contributed by atoms with E-state index in [1.807, 2.05) is 0 Å². The van der Waals surface area contributed by atoms with E-state index < -0.39 is 40.4 Å². The predicted molar refractivity (Wildman–Crippen MR) is 72.5 cm³/mol. The molecule has 2 rings (SSSR count). The van der Waals surface area contributed by atoms with Gasteiger partial charge in [0.1, 0.15) is 11.3 Å². The zero-order chi connectivity index (χ0) is 16.3. The highest BCUT2D eigenvalue weighted by molar-refractivity contribution is 5.97. The van der Waals surface area contributed by atoms with Crippen molar-refractivity contribution in [3.05, 3.63) is 53.3 Å². The van der Waals surface area contributed by atoms with Crippen LogP contribution in [-0.4, -0.2) is 12.5 Å². The first-order valence-corrected chi connectivity index (χ1v) is 6.33. The van der Waals surface area contributed by atoms with Crippen LogP contribution in [0.4, 0.5) is 13.2 Å². The van der Waals surface area contributed by atoms with Gasteiger partial charge < -0.3 is 15.2 Å². The number of hydrogen-bond acceptors (Lipinski definition) is 3. The number of benzene rings is 2. The monoisotopic (exact) mass is 311 g/mol. The van der Waals surface area contributed by atoms with Crippen LogP contribution in [0.15, 0.2) is 30.3 Å². The molecule has 0 unspecified atom stereocenters. The highest BCUT2D eigenvalue weighted by Crippen LogP contribution is 2.40. The molecule has 2 aromatic carbocycles. The fraction of sp³-hybridized carbons (Fsp3) is 0.133. The Labute approximate surface area is 124 Å². The molecular formula is C15H12F3NO3. The van der Waals surface area contributed by atoms with Gasteiger partial charge in [-0.25, -0.2) is 8.78 Å². The molecular weight excluding hydrogens is 299 g/mol. The van der Waals surface area contributed by atoms with E-state index in [9.17, 15) is 18.0 Å². The van der Waals surface area contributed by atoms with Gasteiger partial charge in [-0.2, -0.15) is 4.39 Å². The van der Waals surface area contributed by atoms with Crippen molar-refractivity contribution in [2.24, 2.45) is 5.73 Å². The van der Waals surface area contributed by atoms with Crippen LogP contribution in [-0.2, 0) is 0 Å². The van der Waals surface area contributed by atoms with Crippen molar-refractivity contribution in [3.63, 3.8) is 0 Å². The maximum atomic E-state index is 13.9. The zero-order valence-corrected chi connectivity index (χ0v) is 11.5. The van der Waals surface area contributed by atoms with Gasteiger partial charge in [-0.05, 0) is 19.1 Å². The second-order valence-electron chi connectivity index (χ2n) is 4.19. The molecule has 0 spiro atoms. The lowest BCUT2D eigenvalue weighted by molar-refractivity contribution is 0.0991. The number of carbonyl (C=O) groups excluding carboxylic acids is 1. The Morgan fingerprint density at radius 2 is 1.68 bits per heavy atom. The van der Waals surface area contributed by atoms with Gasteiger partial charge in [0.2, 0.25) is 11.6 Å². The summed E-state index contributed by atoms with van der Waals surface area (Å²) in [4.78, 5) is 11.4. The number of nitrogens with two attached hydrogens (primary N) is 1. The molecule has 2 N–H and O–H groups in total. The summed E-state index contributed by atoms with van der Waals surface area (Å²) >= 11 is 0. The minimum Gasteiger partial charge on any atom is -0.487 e. The number of para-hydroxylation sites is 1. The molecule has 0 bridgehead atoms. The molecule has 116 valence electrons. The van der Waals surface area contributed by atoms with E-state index in [1.54, 1.807) is 18.2 Å². The lowest BCUT2D eigenvalue weighted by atomic mass is 10.1. The third-order valence-corrected chi connectivity index (χ3v) is 2.74. The number of ether oxygens (including phenoxy) is 2. The second kappa shape index (κ2) is 6.38. The molecule has 7 heteroatoms. The molecule has 0 aromatic heterocycles. The van der Waals surface area contributed by atoms with Crippen molar-refractivity contribution in [2.45, 2.75) is 6.92 Å². The Morgan fingerprint density at radius 3 is 2.23 bits per heavy atom. The summed E-state index contributed by atoms with van der Waals surface area (Å²) in [6.45, 7) is 1.46. The van der Waals surface area contributed by atoms with E-state index in [4.69, 9.17) is 15.2 Å². The van der Waals surface area contributed by atoms with Crippen molar-refractivity contribution in [1.29, 1.82) is 0 Å². The SMILES string of the molecule is CCOc1c(F)c(F)c(F)c(C(N)=O)c1Oc1ccccc1. The topological polar surface area (TPSA) is 61.5 Å². The quantitative estimate of drug-likeness (QED) is 0.861. The molecule has 0 saturated heterocycles. The number of amides is 1. The van der Waals surface area contributed by atoms with Crippen LogP contribution < -0.4 is 15.2 Å². The molecule has 0 aliphatic heterocycles. The second-order valence-corrected chi connectivity index (χ2v) is 4.19. The van der Waals surface area contributed by atoms with E-state index >= 15 is 0 Å². The molecule has 0 heterocycles. The Hall–Kier alpha value is -2.70. The van der Waals surface area contributed by atoms with Gasteiger partial charge in [0.15, 0.2) is 17.4 Å². The van der Waals surface area contributed by atoms with Crippen LogP contribution >= 0.6 is 0 Å². The normalized spacial score (nSPS) is 10.4. The summed E-state index contributed by atoms with van der Waals surface area (Å²) < 4.78 is 51.5. The summed E-state index contributed by atoms with van der Waals surface area (Å²) in [6.07, 6.45) is 0. The predicted octanol–water partition coefficient (Wildman–Crippen LogP) is 3.39. The largest absolute Gasteiger partial charge is 0.487 e. The summed E-state index contributed by atoms with van der Waals surface area (Å²) in [5.41, 5.74) is 4.14. The standard InChI is InChI=1S/C15H12F3NO3/c1-2-21-14-12(18)11(17)10(16)9(15(19)20)13(14)22-8-6-4-3-5-7-8/h3-7H,2H2,1H3,(H2,19,20). The van der Waals surface area contributed by atoms with Gasteiger partial charge in [0.05, 0.1) is 6.61 Å². The average Bonchev–Trinajstić information content (AvgIpc) is 2.50. The summed E-state index contributed by atoms with van der Waals surface area (Å²) in [5, 5.41) is 0. The van der Waals surface area contributed by atoms with Crippen molar-refractivity contribution < 1.29 is 27.4 Å². The Morgan fingerprint density at radius 1 is 1.05 bits per heavy atom. The van der Waals surface area contributed by atoms with Crippen molar-refractivity contribution in [2.75, 3.05) is 6.61 Å². The summed E-state index contributed by atoms with van der Waals surface area (Å²) in [6, 6.07) is 7.88. The molecule has 2 aromatic rings. The summed E-state index contributed by atoms with van der Waals surface area (Å²) in [5.74, 6) is -7.59. The first kappa shape index (κ1) is 15.7. The molecule has 0 saturated carbocycles. The van der Waals surface area contributed by atoms with Crippen LogP contribution in [0.25, 0.3) is 0 Å². The van der Waals surface area contributed by atoms with Crippen LogP contribution in [0.5, 0.6) is 17.2 Å². The molecule has 22 heavy (non-hydrogen) atoms. The maximum absolute atomic E-state index is 13.9. The molecule has 4 nitrogen and oxygen atoms in total. The molecule has 0 aliphatic carbocycles. The van der Waals surface area contributed by atoms with Crippen LogP contribution in [0, 0.1) is 17.5 Å². The van der Waals surface area contributed by atoms with E-state index in [0.717, 1.165) is 0 Å². The molecule has 0 radical (unpaired) electrons. The van der Waals surface area contributed by atoms with Crippen LogP contribution in [0.1, 0.15) is 17.3 Å². The number of rotatable bonds is 5. The Kier molecular flexibility index (Phi) is 4.55. The van der Waals surface area contributed by atoms with Gasteiger partial charge in [-0.3, -0.25) is 4.79 Å². The van der Waals surface area contributed by atoms with Gasteiger partial charge >= 0.3 is 0 Å². The molecule has 0 aliphatic rings. The average molecular weight is 311 g/mol. The molecule has 0 atom stereocenters. The van der Waals surface area contributed by atoms with Gasteiger partial charge in [-0.15, -0.1) is 0 Å². The third kappa shape index (κ3) is 2.83. The first-order valence-electron chi connectivity index (χ1n) is 6.33. The summed E-state index contributed by atoms with van der Waals surface area (Å²) in [7, 11) is 0. The number of carbonyl (C=O) groups is 1. The van der Waals surface area contributed by atoms with Crippen LogP contribution in [0.3, 0.4) is 0 Å². The number of hydrogen-bond donors (Lipinski definition) is 1. The van der Waals surface area contributed by atoms with E-state index in [0.29, 0.717) is 0 Å². The highest BCUT2D eigenvalue weighted by atomic mass is 19.2. The first-order chi connectivity index (χ1) is 10.5.